The summed E-state index contributed by atoms with van der Waals surface area (Å²) < 4.78 is 15.7. The highest BCUT2D eigenvalue weighted by Crippen LogP contribution is 2.32. The number of fused-ring (bicyclic) bond motifs is 1. The Hall–Kier alpha value is -3.92. The van der Waals surface area contributed by atoms with Crippen LogP contribution in [0.5, 0.6) is 5.75 Å². The predicted octanol–water partition coefficient (Wildman–Crippen LogP) is 4.25. The van der Waals surface area contributed by atoms with Crippen molar-refractivity contribution in [3.05, 3.63) is 59.7 Å². The van der Waals surface area contributed by atoms with Gasteiger partial charge in [0.05, 0.1) is 13.2 Å². The number of nitrogens with zero attached hydrogens (tertiary/aromatic N) is 3. The lowest BCUT2D eigenvalue weighted by molar-refractivity contribution is -0.154. The zero-order valence-electron chi connectivity index (χ0n) is 26.0. The molecule has 2 heterocycles. The molecule has 2 aromatic rings. The fourth-order valence-corrected chi connectivity index (χ4v) is 5.72. The van der Waals surface area contributed by atoms with Crippen molar-refractivity contribution in [2.24, 2.45) is 0 Å². The highest BCUT2D eigenvalue weighted by atomic mass is 16.6. The summed E-state index contributed by atoms with van der Waals surface area (Å²) in [5, 5.41) is 0. The molecule has 0 atom stereocenters. The first-order valence-corrected chi connectivity index (χ1v) is 15.8. The van der Waals surface area contributed by atoms with E-state index in [1.54, 1.807) is 6.92 Å². The number of amides is 2. The Kier molecular flexibility index (Phi) is 12.6. The molecule has 0 aliphatic carbocycles. The Morgan fingerprint density at radius 3 is 2.34 bits per heavy atom. The normalized spacial score (nSPS) is 15.2. The highest BCUT2D eigenvalue weighted by Gasteiger charge is 2.33. The Balaban J connectivity index is 1.09. The number of anilines is 1. The fraction of sp³-hybridized carbons (Fsp3) is 0.529. The van der Waals surface area contributed by atoms with Crippen molar-refractivity contribution in [1.82, 2.24) is 9.80 Å². The van der Waals surface area contributed by atoms with Crippen LogP contribution in [0.15, 0.2) is 48.5 Å². The molecule has 0 saturated carbocycles. The van der Waals surface area contributed by atoms with Crippen LogP contribution >= 0.6 is 0 Å². The Bertz CT molecular complexity index is 1260. The number of rotatable bonds is 15. The summed E-state index contributed by atoms with van der Waals surface area (Å²) in [6.45, 7) is 5.49. The standard InChI is InChI=1S/C34H45N3O7/c1-3-42-32(39)25-33(40)44-24-22-35(2)19-7-4-8-23-43-29-14-11-27(12-15-29)34(41)36-20-17-28(18-21-36)37-30-10-6-5-9-26(30)13-16-31(37)38/h5-6,9-12,14-15,28H,3-4,7-8,13,16-25H2,1-2H3. The summed E-state index contributed by atoms with van der Waals surface area (Å²) in [5.41, 5.74) is 2.90. The van der Waals surface area contributed by atoms with Crippen molar-refractivity contribution < 1.29 is 33.4 Å². The minimum atomic E-state index is -0.566. The van der Waals surface area contributed by atoms with Crippen molar-refractivity contribution in [2.45, 2.75) is 64.3 Å². The van der Waals surface area contributed by atoms with Crippen LogP contribution in [0.25, 0.3) is 0 Å². The molecule has 10 nitrogen and oxygen atoms in total. The summed E-state index contributed by atoms with van der Waals surface area (Å²) in [6.07, 6.45) is 5.41. The second kappa shape index (κ2) is 16.8. The van der Waals surface area contributed by atoms with Crippen molar-refractivity contribution in [1.29, 1.82) is 0 Å². The average Bonchev–Trinajstić information content (AvgIpc) is 3.03. The van der Waals surface area contributed by atoms with Gasteiger partial charge < -0.3 is 28.9 Å². The van der Waals surface area contributed by atoms with Crippen LogP contribution in [-0.4, -0.2) is 92.6 Å². The number of carbonyl (C=O) groups excluding carboxylic acids is 4. The highest BCUT2D eigenvalue weighted by molar-refractivity contribution is 5.97. The second-order valence-electron chi connectivity index (χ2n) is 11.4. The number of para-hydroxylation sites is 1. The number of aryl methyl sites for hydroxylation is 1. The molecule has 2 aliphatic heterocycles. The number of esters is 2. The van der Waals surface area contributed by atoms with E-state index in [-0.39, 0.29) is 37.5 Å². The number of ether oxygens (including phenoxy) is 3. The number of piperidine rings is 1. The van der Waals surface area contributed by atoms with Gasteiger partial charge in [-0.05, 0) is 94.9 Å². The lowest BCUT2D eigenvalue weighted by Crippen LogP contribution is -2.50. The molecule has 0 spiro atoms. The van der Waals surface area contributed by atoms with E-state index >= 15 is 0 Å². The van der Waals surface area contributed by atoms with Crippen LogP contribution in [0.4, 0.5) is 5.69 Å². The SMILES string of the molecule is CCOC(=O)CC(=O)OCCN(C)CCCCCOc1ccc(C(=O)N2CCC(N3C(=O)CCc4ccccc43)CC2)cc1. The maximum atomic E-state index is 13.2. The molecule has 0 N–H and O–H groups in total. The van der Waals surface area contributed by atoms with Crippen molar-refractivity contribution in [2.75, 3.05) is 57.9 Å². The van der Waals surface area contributed by atoms with Gasteiger partial charge in [0, 0.05) is 43.3 Å². The average molecular weight is 608 g/mol. The molecule has 2 amide bonds. The Morgan fingerprint density at radius 2 is 1.59 bits per heavy atom. The van der Waals surface area contributed by atoms with Crippen LogP contribution in [0.1, 0.15) is 67.8 Å². The molecule has 44 heavy (non-hydrogen) atoms. The van der Waals surface area contributed by atoms with Crippen LogP contribution in [-0.2, 0) is 30.3 Å². The number of unbranched alkanes of at least 4 members (excludes halogenated alkanes) is 2. The molecule has 238 valence electrons. The molecule has 2 aromatic carbocycles. The summed E-state index contributed by atoms with van der Waals surface area (Å²) in [6, 6.07) is 15.6. The molecule has 10 heteroatoms. The van der Waals surface area contributed by atoms with E-state index in [1.807, 2.05) is 59.3 Å². The van der Waals surface area contributed by atoms with Crippen LogP contribution in [0, 0.1) is 0 Å². The lowest BCUT2D eigenvalue weighted by atomic mass is 9.95. The van der Waals surface area contributed by atoms with Gasteiger partial charge in [-0.3, -0.25) is 19.2 Å². The molecular weight excluding hydrogens is 562 g/mol. The van der Waals surface area contributed by atoms with E-state index in [0.717, 1.165) is 56.5 Å². The van der Waals surface area contributed by atoms with E-state index < -0.39 is 11.9 Å². The Morgan fingerprint density at radius 1 is 0.864 bits per heavy atom. The van der Waals surface area contributed by atoms with Crippen molar-refractivity contribution in [3.8, 4) is 5.75 Å². The van der Waals surface area contributed by atoms with Gasteiger partial charge in [0.2, 0.25) is 5.91 Å². The number of likely N-dealkylation sites (tertiary alicyclic amines) is 1. The van der Waals surface area contributed by atoms with E-state index in [0.29, 0.717) is 38.2 Å². The Labute approximate surface area is 260 Å². The zero-order chi connectivity index (χ0) is 31.3. The molecule has 0 bridgehead atoms. The second-order valence-corrected chi connectivity index (χ2v) is 11.4. The van der Waals surface area contributed by atoms with Crippen LogP contribution in [0.3, 0.4) is 0 Å². The summed E-state index contributed by atoms with van der Waals surface area (Å²) >= 11 is 0. The molecule has 0 aromatic heterocycles. The fourth-order valence-electron chi connectivity index (χ4n) is 5.72. The van der Waals surface area contributed by atoms with Gasteiger partial charge in [-0.15, -0.1) is 0 Å². The molecule has 2 aliphatic rings. The molecule has 0 unspecified atom stereocenters. The van der Waals surface area contributed by atoms with Gasteiger partial charge in [-0.25, -0.2) is 0 Å². The number of benzene rings is 2. The maximum Gasteiger partial charge on any atom is 0.317 e. The molecule has 1 fully saturated rings. The quantitative estimate of drug-likeness (QED) is 0.168. The van der Waals surface area contributed by atoms with Gasteiger partial charge in [0.1, 0.15) is 18.8 Å². The number of hydrogen-bond acceptors (Lipinski definition) is 8. The summed E-state index contributed by atoms with van der Waals surface area (Å²) in [7, 11) is 1.97. The summed E-state index contributed by atoms with van der Waals surface area (Å²) in [4.78, 5) is 54.8. The number of hydrogen-bond donors (Lipinski definition) is 0. The van der Waals surface area contributed by atoms with E-state index in [4.69, 9.17) is 14.2 Å². The van der Waals surface area contributed by atoms with Gasteiger partial charge in [-0.1, -0.05) is 18.2 Å². The van der Waals surface area contributed by atoms with Crippen LogP contribution < -0.4 is 9.64 Å². The molecule has 0 radical (unpaired) electrons. The largest absolute Gasteiger partial charge is 0.494 e. The predicted molar refractivity (Wildman–Crippen MR) is 167 cm³/mol. The van der Waals surface area contributed by atoms with E-state index in [1.165, 1.54) is 5.56 Å². The van der Waals surface area contributed by atoms with E-state index in [9.17, 15) is 19.2 Å². The first-order valence-electron chi connectivity index (χ1n) is 15.8. The number of likely N-dealkylation sites (N-methyl/N-ethyl adjacent to an activating group) is 1. The third-order valence-corrected chi connectivity index (χ3v) is 8.13. The van der Waals surface area contributed by atoms with Gasteiger partial charge in [-0.2, -0.15) is 0 Å². The lowest BCUT2D eigenvalue weighted by Gasteiger charge is -2.41. The third kappa shape index (κ3) is 9.54. The minimum Gasteiger partial charge on any atom is -0.494 e. The molecular formula is C34H45N3O7. The zero-order valence-corrected chi connectivity index (χ0v) is 26.0. The van der Waals surface area contributed by atoms with Crippen molar-refractivity contribution in [3.63, 3.8) is 0 Å². The first kappa shape index (κ1) is 33.0. The smallest absolute Gasteiger partial charge is 0.317 e. The minimum absolute atomic E-state index is 0.0123. The topological polar surface area (TPSA) is 106 Å². The number of carbonyl (C=O) groups is 4. The molecule has 1 saturated heterocycles. The monoisotopic (exact) mass is 607 g/mol. The van der Waals surface area contributed by atoms with Gasteiger partial charge in [0.15, 0.2) is 0 Å². The molecule has 4 rings (SSSR count). The van der Waals surface area contributed by atoms with E-state index in [2.05, 4.69) is 11.0 Å². The van der Waals surface area contributed by atoms with Crippen molar-refractivity contribution >= 4 is 29.4 Å². The maximum absolute atomic E-state index is 13.2. The summed E-state index contributed by atoms with van der Waals surface area (Å²) in [5.74, 6) is -0.197. The van der Waals surface area contributed by atoms with Gasteiger partial charge >= 0.3 is 11.9 Å². The third-order valence-electron chi connectivity index (χ3n) is 8.13. The first-order chi connectivity index (χ1) is 21.4. The van der Waals surface area contributed by atoms with Crippen LogP contribution in [0.2, 0.25) is 0 Å². The van der Waals surface area contributed by atoms with Gasteiger partial charge in [0.25, 0.3) is 5.91 Å².